The molecule has 0 aliphatic heterocycles. The molecular formula is C16H16FN3O4. The second-order valence-electron chi connectivity index (χ2n) is 4.86. The van der Waals surface area contributed by atoms with Crippen molar-refractivity contribution in [2.24, 2.45) is 0 Å². The first-order valence-corrected chi connectivity index (χ1v) is 7.19. The zero-order valence-electron chi connectivity index (χ0n) is 12.7. The summed E-state index contributed by atoms with van der Waals surface area (Å²) in [4.78, 5) is 34.6. The van der Waals surface area contributed by atoms with Gasteiger partial charge in [0, 0.05) is 6.42 Å². The van der Waals surface area contributed by atoms with Gasteiger partial charge in [-0.15, -0.1) is 0 Å². The second kappa shape index (κ2) is 8.47. The van der Waals surface area contributed by atoms with Gasteiger partial charge in [-0.3, -0.25) is 25.2 Å². The van der Waals surface area contributed by atoms with Crippen LogP contribution in [-0.4, -0.2) is 17.7 Å². The van der Waals surface area contributed by atoms with Crippen LogP contribution in [-0.2, 0) is 27.3 Å². The van der Waals surface area contributed by atoms with E-state index in [0.29, 0.717) is 11.3 Å². The number of furan rings is 1. The number of carbonyl (C=O) groups excluding carboxylic acids is 3. The molecule has 2 aromatic rings. The molecule has 126 valence electrons. The predicted octanol–water partition coefficient (Wildman–Crippen LogP) is 0.815. The lowest BCUT2D eigenvalue weighted by Crippen LogP contribution is -2.48. The molecule has 0 aliphatic rings. The largest absolute Gasteiger partial charge is 0.467 e. The molecule has 24 heavy (non-hydrogen) atoms. The van der Waals surface area contributed by atoms with Crippen LogP contribution in [0, 0.1) is 5.82 Å². The fraction of sp³-hybridized carbons (Fsp3) is 0.188. The summed E-state index contributed by atoms with van der Waals surface area (Å²) in [7, 11) is 0. The molecule has 0 aliphatic carbocycles. The molecule has 0 saturated carbocycles. The third-order valence-corrected chi connectivity index (χ3v) is 3.10. The monoisotopic (exact) mass is 333 g/mol. The second-order valence-corrected chi connectivity index (χ2v) is 4.86. The van der Waals surface area contributed by atoms with E-state index in [1.807, 2.05) is 5.43 Å². The van der Waals surface area contributed by atoms with E-state index < -0.39 is 23.5 Å². The van der Waals surface area contributed by atoms with Gasteiger partial charge in [-0.1, -0.05) is 18.2 Å². The van der Waals surface area contributed by atoms with Crippen LogP contribution >= 0.6 is 0 Å². The van der Waals surface area contributed by atoms with Gasteiger partial charge in [0.25, 0.3) is 0 Å². The normalized spacial score (nSPS) is 10.0. The van der Waals surface area contributed by atoms with E-state index in [1.54, 1.807) is 30.3 Å². The lowest BCUT2D eigenvalue weighted by atomic mass is 10.1. The van der Waals surface area contributed by atoms with Gasteiger partial charge in [0.1, 0.15) is 11.6 Å². The number of hydrogen-bond acceptors (Lipinski definition) is 4. The van der Waals surface area contributed by atoms with Crippen molar-refractivity contribution in [3.63, 3.8) is 0 Å². The number of hydrazine groups is 1. The predicted molar refractivity (Wildman–Crippen MR) is 81.6 cm³/mol. The van der Waals surface area contributed by atoms with E-state index in [0.717, 1.165) is 0 Å². The van der Waals surface area contributed by atoms with E-state index in [4.69, 9.17) is 4.42 Å². The van der Waals surface area contributed by atoms with Crippen molar-refractivity contribution < 1.29 is 23.2 Å². The minimum atomic E-state index is -1.01. The van der Waals surface area contributed by atoms with Crippen LogP contribution in [0.25, 0.3) is 0 Å². The summed E-state index contributed by atoms with van der Waals surface area (Å²) in [5.74, 6) is -2.37. The van der Waals surface area contributed by atoms with E-state index >= 15 is 0 Å². The Hall–Kier alpha value is -3.16. The van der Waals surface area contributed by atoms with Crippen molar-refractivity contribution in [3.05, 3.63) is 59.8 Å². The van der Waals surface area contributed by atoms with Gasteiger partial charge in [-0.2, -0.15) is 0 Å². The molecule has 0 atom stereocenters. The molecule has 0 saturated heterocycles. The number of aryl methyl sites for hydroxylation is 1. The minimum absolute atomic E-state index is 0.0325. The van der Waals surface area contributed by atoms with Crippen LogP contribution in [0.4, 0.5) is 4.39 Å². The summed E-state index contributed by atoms with van der Waals surface area (Å²) >= 11 is 0. The van der Waals surface area contributed by atoms with Gasteiger partial charge in [0.15, 0.2) is 0 Å². The van der Waals surface area contributed by atoms with Crippen LogP contribution in [0.5, 0.6) is 0 Å². The van der Waals surface area contributed by atoms with Gasteiger partial charge < -0.3 is 9.73 Å². The standard InChI is InChI=1S/C16H16FN3O4/c17-13-6-2-1-4-11(13)7-8-14(21)19-20-16(23)15(22)18-10-12-5-3-9-24-12/h1-6,9H,7-8,10H2,(H,18,22)(H,19,21)(H,20,23). The number of benzene rings is 1. The Morgan fingerprint density at radius 2 is 1.79 bits per heavy atom. The van der Waals surface area contributed by atoms with Crippen molar-refractivity contribution in [1.82, 2.24) is 16.2 Å². The summed E-state index contributed by atoms with van der Waals surface area (Å²) in [6.45, 7) is 0.0560. The SMILES string of the molecule is O=C(CCc1ccccc1F)NNC(=O)C(=O)NCc1ccco1. The highest BCUT2D eigenvalue weighted by Crippen LogP contribution is 2.08. The average Bonchev–Trinajstić information content (AvgIpc) is 3.10. The van der Waals surface area contributed by atoms with Crippen molar-refractivity contribution in [2.75, 3.05) is 0 Å². The molecule has 8 heteroatoms. The molecule has 1 heterocycles. The highest BCUT2D eigenvalue weighted by molar-refractivity contribution is 6.35. The fourth-order valence-electron chi connectivity index (χ4n) is 1.86. The zero-order chi connectivity index (χ0) is 17.4. The first-order valence-electron chi connectivity index (χ1n) is 7.19. The number of nitrogens with one attached hydrogen (secondary N) is 3. The summed E-state index contributed by atoms with van der Waals surface area (Å²) < 4.78 is 18.4. The van der Waals surface area contributed by atoms with Gasteiger partial charge in [0.2, 0.25) is 5.91 Å². The molecule has 1 aromatic carbocycles. The van der Waals surface area contributed by atoms with Crippen molar-refractivity contribution >= 4 is 17.7 Å². The summed E-state index contributed by atoms with van der Waals surface area (Å²) in [5, 5.41) is 2.33. The summed E-state index contributed by atoms with van der Waals surface area (Å²) in [5.41, 5.74) is 4.49. The van der Waals surface area contributed by atoms with Crippen molar-refractivity contribution in [1.29, 1.82) is 0 Å². The minimum Gasteiger partial charge on any atom is -0.467 e. The molecule has 3 amide bonds. The Morgan fingerprint density at radius 1 is 1.00 bits per heavy atom. The van der Waals surface area contributed by atoms with Gasteiger partial charge in [-0.25, -0.2) is 4.39 Å². The topological polar surface area (TPSA) is 100 Å². The van der Waals surface area contributed by atoms with Crippen LogP contribution in [0.15, 0.2) is 47.1 Å². The zero-order valence-corrected chi connectivity index (χ0v) is 12.7. The van der Waals surface area contributed by atoms with Gasteiger partial charge in [0.05, 0.1) is 12.8 Å². The van der Waals surface area contributed by atoms with E-state index in [1.165, 1.54) is 12.3 Å². The number of hydrogen-bond donors (Lipinski definition) is 3. The van der Waals surface area contributed by atoms with Crippen molar-refractivity contribution in [3.8, 4) is 0 Å². The molecule has 3 N–H and O–H groups in total. The third kappa shape index (κ3) is 5.24. The van der Waals surface area contributed by atoms with Gasteiger partial charge >= 0.3 is 11.8 Å². The smallest absolute Gasteiger partial charge is 0.327 e. The van der Waals surface area contributed by atoms with Gasteiger partial charge in [-0.05, 0) is 30.2 Å². The molecule has 0 spiro atoms. The Kier molecular flexibility index (Phi) is 6.07. The fourth-order valence-corrected chi connectivity index (χ4v) is 1.86. The quantitative estimate of drug-likeness (QED) is 0.557. The third-order valence-electron chi connectivity index (χ3n) is 3.10. The Labute approximate surface area is 137 Å². The molecule has 0 bridgehead atoms. The molecule has 0 unspecified atom stereocenters. The highest BCUT2D eigenvalue weighted by atomic mass is 19.1. The average molecular weight is 333 g/mol. The first-order chi connectivity index (χ1) is 11.6. The number of halogens is 1. The lowest BCUT2D eigenvalue weighted by molar-refractivity contribution is -0.141. The molecule has 2 rings (SSSR count). The maximum Gasteiger partial charge on any atom is 0.327 e. The Bertz CT molecular complexity index is 716. The van der Waals surface area contributed by atoms with E-state index in [9.17, 15) is 18.8 Å². The van der Waals surface area contributed by atoms with E-state index in [-0.39, 0.29) is 19.4 Å². The molecular weight excluding hydrogens is 317 g/mol. The number of carbonyl (C=O) groups is 3. The maximum absolute atomic E-state index is 13.4. The molecule has 0 radical (unpaired) electrons. The van der Waals surface area contributed by atoms with E-state index in [2.05, 4.69) is 10.7 Å². The summed E-state index contributed by atoms with van der Waals surface area (Å²) in [6.07, 6.45) is 1.59. The Balaban J connectivity index is 1.68. The molecule has 0 fully saturated rings. The first kappa shape index (κ1) is 17.2. The number of amides is 3. The van der Waals surface area contributed by atoms with Crippen LogP contribution < -0.4 is 16.2 Å². The molecule has 7 nitrogen and oxygen atoms in total. The highest BCUT2D eigenvalue weighted by Gasteiger charge is 2.14. The van der Waals surface area contributed by atoms with Crippen LogP contribution in [0.3, 0.4) is 0 Å². The van der Waals surface area contributed by atoms with Crippen LogP contribution in [0.1, 0.15) is 17.7 Å². The lowest BCUT2D eigenvalue weighted by Gasteiger charge is -2.07. The Morgan fingerprint density at radius 3 is 2.50 bits per heavy atom. The number of rotatable bonds is 5. The molecule has 1 aromatic heterocycles. The van der Waals surface area contributed by atoms with Crippen LogP contribution in [0.2, 0.25) is 0 Å². The van der Waals surface area contributed by atoms with Crippen molar-refractivity contribution in [2.45, 2.75) is 19.4 Å². The maximum atomic E-state index is 13.4. The summed E-state index contributed by atoms with van der Waals surface area (Å²) in [6, 6.07) is 9.39.